The summed E-state index contributed by atoms with van der Waals surface area (Å²) in [7, 11) is 0. The number of anilines is 2. The Kier molecular flexibility index (Phi) is 6.03. The number of fused-ring (bicyclic) bond motifs is 2. The summed E-state index contributed by atoms with van der Waals surface area (Å²) in [4.78, 5) is 2.42. The first kappa shape index (κ1) is 21.7. The van der Waals surface area contributed by atoms with Crippen LogP contribution in [0.3, 0.4) is 0 Å². The van der Waals surface area contributed by atoms with E-state index < -0.39 is 0 Å². The van der Waals surface area contributed by atoms with E-state index in [0.717, 1.165) is 37.2 Å². The van der Waals surface area contributed by atoms with Crippen molar-refractivity contribution in [3.8, 4) is 11.5 Å². The molecule has 0 unspecified atom stereocenters. The number of hydrogen-bond acceptors (Lipinski definition) is 2. The maximum atomic E-state index is 6.57. The SMILES string of the molecule is CCC(C)(CC)c1ccc2c(c1)Oc1cc(C(C)(CC)CC)ccc1N2C(C)C. The maximum absolute atomic E-state index is 6.57. The highest BCUT2D eigenvalue weighted by molar-refractivity contribution is 5.79. The second-order valence-corrected chi connectivity index (χ2v) is 9.47. The number of rotatable bonds is 7. The van der Waals surface area contributed by atoms with Gasteiger partial charge in [0.1, 0.15) is 0 Å². The average molecular weight is 394 g/mol. The van der Waals surface area contributed by atoms with E-state index in [1.165, 1.54) is 22.5 Å². The number of nitrogens with zero attached hydrogens (tertiary/aromatic N) is 1. The van der Waals surface area contributed by atoms with Crippen molar-refractivity contribution >= 4 is 11.4 Å². The van der Waals surface area contributed by atoms with E-state index in [2.05, 4.69) is 96.7 Å². The Morgan fingerprint density at radius 2 is 1.10 bits per heavy atom. The van der Waals surface area contributed by atoms with Crippen LogP contribution >= 0.6 is 0 Å². The van der Waals surface area contributed by atoms with Gasteiger partial charge in [-0.3, -0.25) is 0 Å². The van der Waals surface area contributed by atoms with Crippen LogP contribution in [0.2, 0.25) is 0 Å². The molecule has 1 heterocycles. The van der Waals surface area contributed by atoms with Crippen molar-refractivity contribution in [1.29, 1.82) is 0 Å². The third-order valence-corrected chi connectivity index (χ3v) is 7.69. The molecule has 2 nitrogen and oxygen atoms in total. The lowest BCUT2D eigenvalue weighted by Crippen LogP contribution is -2.29. The van der Waals surface area contributed by atoms with Crippen molar-refractivity contribution in [3.05, 3.63) is 47.5 Å². The second kappa shape index (κ2) is 8.05. The van der Waals surface area contributed by atoms with Crippen molar-refractivity contribution < 1.29 is 4.74 Å². The Labute approximate surface area is 178 Å². The Bertz CT molecular complexity index is 791. The molecule has 1 aliphatic heterocycles. The largest absolute Gasteiger partial charge is 0.453 e. The van der Waals surface area contributed by atoms with Gasteiger partial charge in [-0.15, -0.1) is 0 Å². The molecule has 2 aromatic rings. The zero-order chi connectivity index (χ0) is 21.4. The molecule has 0 atom stereocenters. The van der Waals surface area contributed by atoms with Gasteiger partial charge in [0.2, 0.25) is 0 Å². The van der Waals surface area contributed by atoms with Crippen LogP contribution in [0.1, 0.15) is 92.2 Å². The quantitative estimate of drug-likeness (QED) is 0.467. The summed E-state index contributed by atoms with van der Waals surface area (Å²) in [6, 6.07) is 14.0. The van der Waals surface area contributed by atoms with Gasteiger partial charge in [-0.05, 0) is 85.8 Å². The van der Waals surface area contributed by atoms with Crippen molar-refractivity contribution in [2.45, 2.75) is 97.9 Å². The molecule has 0 bridgehead atoms. The van der Waals surface area contributed by atoms with Crippen LogP contribution < -0.4 is 9.64 Å². The molecule has 1 aliphatic rings. The summed E-state index contributed by atoms with van der Waals surface area (Å²) < 4.78 is 6.57. The summed E-state index contributed by atoms with van der Waals surface area (Å²) in [5.41, 5.74) is 5.46. The molecule has 2 heteroatoms. The zero-order valence-electron chi connectivity index (χ0n) is 19.7. The molecule has 29 heavy (non-hydrogen) atoms. The summed E-state index contributed by atoms with van der Waals surface area (Å²) >= 11 is 0. The summed E-state index contributed by atoms with van der Waals surface area (Å²) in [5, 5.41) is 0. The normalized spacial score (nSPS) is 13.9. The molecular formula is C27H39NO. The van der Waals surface area contributed by atoms with Crippen LogP contribution in [-0.4, -0.2) is 6.04 Å². The van der Waals surface area contributed by atoms with Gasteiger partial charge in [0.25, 0.3) is 0 Å². The lowest BCUT2D eigenvalue weighted by molar-refractivity contribution is 0.424. The predicted molar refractivity (Wildman–Crippen MR) is 126 cm³/mol. The van der Waals surface area contributed by atoms with Crippen molar-refractivity contribution in [3.63, 3.8) is 0 Å². The highest BCUT2D eigenvalue weighted by Gasteiger charge is 2.31. The first-order valence-corrected chi connectivity index (χ1v) is 11.5. The molecule has 0 aromatic heterocycles. The Hall–Kier alpha value is -1.96. The van der Waals surface area contributed by atoms with Gasteiger partial charge < -0.3 is 9.64 Å². The third-order valence-electron chi connectivity index (χ3n) is 7.69. The molecule has 0 saturated carbocycles. The molecule has 0 fully saturated rings. The fourth-order valence-electron chi connectivity index (χ4n) is 4.46. The molecule has 0 radical (unpaired) electrons. The van der Waals surface area contributed by atoms with Crippen molar-refractivity contribution in [2.75, 3.05) is 4.90 Å². The van der Waals surface area contributed by atoms with E-state index in [4.69, 9.17) is 4.74 Å². The summed E-state index contributed by atoms with van der Waals surface area (Å²) in [6.07, 6.45) is 4.51. The molecule has 0 saturated heterocycles. The number of hydrogen-bond donors (Lipinski definition) is 0. The van der Waals surface area contributed by atoms with Crippen LogP contribution in [0.4, 0.5) is 11.4 Å². The average Bonchev–Trinajstić information content (AvgIpc) is 2.75. The van der Waals surface area contributed by atoms with E-state index in [1.807, 2.05) is 0 Å². The third kappa shape index (κ3) is 3.67. The van der Waals surface area contributed by atoms with Crippen LogP contribution in [0.15, 0.2) is 36.4 Å². The van der Waals surface area contributed by atoms with Gasteiger partial charge in [-0.2, -0.15) is 0 Å². The number of ether oxygens (including phenoxy) is 1. The first-order valence-electron chi connectivity index (χ1n) is 11.5. The van der Waals surface area contributed by atoms with E-state index in [0.29, 0.717) is 6.04 Å². The van der Waals surface area contributed by atoms with Gasteiger partial charge in [0.05, 0.1) is 11.4 Å². The van der Waals surface area contributed by atoms with Gasteiger partial charge in [-0.25, -0.2) is 0 Å². The Morgan fingerprint density at radius 1 is 0.724 bits per heavy atom. The maximum Gasteiger partial charge on any atom is 0.151 e. The van der Waals surface area contributed by atoms with E-state index in [-0.39, 0.29) is 10.8 Å². The Morgan fingerprint density at radius 3 is 1.41 bits per heavy atom. The molecule has 0 aliphatic carbocycles. The fraction of sp³-hybridized carbons (Fsp3) is 0.556. The fourth-order valence-corrected chi connectivity index (χ4v) is 4.46. The van der Waals surface area contributed by atoms with Gasteiger partial charge in [-0.1, -0.05) is 53.7 Å². The molecule has 2 aromatic carbocycles. The van der Waals surface area contributed by atoms with E-state index in [9.17, 15) is 0 Å². The molecule has 158 valence electrons. The molecule has 0 amide bonds. The van der Waals surface area contributed by atoms with Crippen molar-refractivity contribution in [2.24, 2.45) is 0 Å². The Balaban J connectivity index is 2.12. The smallest absolute Gasteiger partial charge is 0.151 e. The minimum Gasteiger partial charge on any atom is -0.453 e. The zero-order valence-corrected chi connectivity index (χ0v) is 19.7. The lowest BCUT2D eigenvalue weighted by atomic mass is 9.77. The van der Waals surface area contributed by atoms with Crippen LogP contribution in [0.5, 0.6) is 11.5 Å². The van der Waals surface area contributed by atoms with Crippen LogP contribution in [-0.2, 0) is 10.8 Å². The van der Waals surface area contributed by atoms with Crippen LogP contribution in [0.25, 0.3) is 0 Å². The molecule has 0 N–H and O–H groups in total. The minimum absolute atomic E-state index is 0.187. The first-order chi connectivity index (χ1) is 13.7. The van der Waals surface area contributed by atoms with E-state index >= 15 is 0 Å². The van der Waals surface area contributed by atoms with Crippen molar-refractivity contribution in [1.82, 2.24) is 0 Å². The minimum atomic E-state index is 0.187. The molecule has 0 spiro atoms. The van der Waals surface area contributed by atoms with Gasteiger partial charge in [0, 0.05) is 6.04 Å². The molecular weight excluding hydrogens is 354 g/mol. The van der Waals surface area contributed by atoms with E-state index in [1.54, 1.807) is 0 Å². The summed E-state index contributed by atoms with van der Waals surface area (Å²) in [6.45, 7) is 18.3. The van der Waals surface area contributed by atoms with Gasteiger partial charge in [0.15, 0.2) is 11.5 Å². The summed E-state index contributed by atoms with van der Waals surface area (Å²) in [5.74, 6) is 1.98. The predicted octanol–water partition coefficient (Wildman–Crippen LogP) is 8.49. The highest BCUT2D eigenvalue weighted by atomic mass is 16.5. The number of benzene rings is 2. The van der Waals surface area contributed by atoms with Gasteiger partial charge >= 0.3 is 0 Å². The topological polar surface area (TPSA) is 12.5 Å². The lowest BCUT2D eigenvalue weighted by Gasteiger charge is -2.38. The van der Waals surface area contributed by atoms with Crippen LogP contribution in [0, 0.1) is 0 Å². The molecule has 3 rings (SSSR count). The second-order valence-electron chi connectivity index (χ2n) is 9.47. The standard InChI is InChI=1S/C27H39NO/c1-9-26(7,10-2)20-13-15-22-24(17-20)29-25-18-21(27(8,11-3)12-4)14-16-23(25)28(22)19(5)6/h13-19H,9-12H2,1-8H3. The highest BCUT2D eigenvalue weighted by Crippen LogP contribution is 2.50. The monoisotopic (exact) mass is 393 g/mol.